The molecule has 0 radical (unpaired) electrons. The highest BCUT2D eigenvalue weighted by Gasteiger charge is 2.20. The third-order valence-corrected chi connectivity index (χ3v) is 3.07. The summed E-state index contributed by atoms with van der Waals surface area (Å²) in [4.78, 5) is 13.6. The Hall–Kier alpha value is -1.55. The molecule has 0 aliphatic heterocycles. The van der Waals surface area contributed by atoms with Crippen LogP contribution in [0.15, 0.2) is 24.3 Å². The first-order chi connectivity index (χ1) is 8.65. The van der Waals surface area contributed by atoms with Gasteiger partial charge in [-0.15, -0.1) is 0 Å². The molecule has 1 saturated carbocycles. The topological polar surface area (TPSA) is 44.4 Å². The molecule has 1 aliphatic rings. The van der Waals surface area contributed by atoms with E-state index in [2.05, 4.69) is 27.7 Å². The molecule has 0 aromatic heterocycles. The highest BCUT2D eigenvalue weighted by Crippen LogP contribution is 2.17. The van der Waals surface area contributed by atoms with Crippen LogP contribution in [0.4, 0.5) is 5.69 Å². The average molecular weight is 247 g/mol. The van der Waals surface area contributed by atoms with Crippen LogP contribution in [-0.2, 0) is 11.3 Å². The molecule has 0 unspecified atom stereocenters. The predicted octanol–water partition coefficient (Wildman–Crippen LogP) is 1.12. The van der Waals surface area contributed by atoms with Gasteiger partial charge in [0.1, 0.15) is 0 Å². The molecule has 1 amide bonds. The molecule has 4 nitrogen and oxygen atoms in total. The van der Waals surface area contributed by atoms with Gasteiger partial charge >= 0.3 is 0 Å². The maximum Gasteiger partial charge on any atom is 0.234 e. The molecule has 0 heterocycles. The molecule has 1 aromatic rings. The van der Waals surface area contributed by atoms with Crippen LogP contribution in [-0.4, -0.2) is 32.6 Å². The van der Waals surface area contributed by atoms with E-state index in [4.69, 9.17) is 0 Å². The van der Waals surface area contributed by atoms with E-state index in [9.17, 15) is 4.79 Å². The van der Waals surface area contributed by atoms with E-state index in [1.165, 1.54) is 18.5 Å². The van der Waals surface area contributed by atoms with E-state index in [1.54, 1.807) is 0 Å². The highest BCUT2D eigenvalue weighted by atomic mass is 16.1. The zero-order valence-corrected chi connectivity index (χ0v) is 11.1. The van der Waals surface area contributed by atoms with Gasteiger partial charge in [0.15, 0.2) is 0 Å². The Kier molecular flexibility index (Phi) is 4.20. The van der Waals surface area contributed by atoms with Crippen LogP contribution in [0.5, 0.6) is 0 Å². The maximum absolute atomic E-state index is 11.5. The monoisotopic (exact) mass is 247 g/mol. The zero-order chi connectivity index (χ0) is 13.0. The van der Waals surface area contributed by atoms with Crippen LogP contribution in [0.2, 0.25) is 0 Å². The van der Waals surface area contributed by atoms with E-state index in [0.29, 0.717) is 19.1 Å². The Balaban J connectivity index is 1.73. The SMILES string of the molecule is CN(C)c1ccc(CNC(=O)CNC2CC2)cc1. The number of benzene rings is 1. The lowest BCUT2D eigenvalue weighted by Crippen LogP contribution is -2.34. The molecule has 2 N–H and O–H groups in total. The lowest BCUT2D eigenvalue weighted by molar-refractivity contribution is -0.120. The minimum Gasteiger partial charge on any atom is -0.378 e. The van der Waals surface area contributed by atoms with Crippen LogP contribution in [0.25, 0.3) is 0 Å². The summed E-state index contributed by atoms with van der Waals surface area (Å²) in [6.07, 6.45) is 2.42. The van der Waals surface area contributed by atoms with Gasteiger partial charge in [0.2, 0.25) is 5.91 Å². The highest BCUT2D eigenvalue weighted by molar-refractivity contribution is 5.78. The molecule has 1 aliphatic carbocycles. The molecule has 4 heteroatoms. The summed E-state index contributed by atoms with van der Waals surface area (Å²) in [6.45, 7) is 1.03. The number of rotatable bonds is 6. The van der Waals surface area contributed by atoms with Gasteiger partial charge in [-0.1, -0.05) is 12.1 Å². The molecule has 1 aromatic carbocycles. The van der Waals surface area contributed by atoms with Crippen LogP contribution < -0.4 is 15.5 Å². The van der Waals surface area contributed by atoms with E-state index in [0.717, 1.165) is 5.56 Å². The second kappa shape index (κ2) is 5.87. The third-order valence-electron chi connectivity index (χ3n) is 3.07. The lowest BCUT2D eigenvalue weighted by atomic mass is 10.2. The van der Waals surface area contributed by atoms with E-state index in [-0.39, 0.29) is 5.91 Å². The Labute approximate surface area is 108 Å². The van der Waals surface area contributed by atoms with Gasteiger partial charge in [-0.25, -0.2) is 0 Å². The number of carbonyl (C=O) groups excluding carboxylic acids is 1. The number of hydrogen-bond acceptors (Lipinski definition) is 3. The van der Waals surface area contributed by atoms with Gasteiger partial charge in [-0.05, 0) is 30.5 Å². The van der Waals surface area contributed by atoms with Crippen molar-refractivity contribution in [2.45, 2.75) is 25.4 Å². The van der Waals surface area contributed by atoms with Crippen molar-refractivity contribution in [2.75, 3.05) is 25.5 Å². The molecular weight excluding hydrogens is 226 g/mol. The number of nitrogens with zero attached hydrogens (tertiary/aromatic N) is 1. The fraction of sp³-hybridized carbons (Fsp3) is 0.500. The number of anilines is 1. The van der Waals surface area contributed by atoms with Crippen molar-refractivity contribution >= 4 is 11.6 Å². The Morgan fingerprint density at radius 2 is 1.94 bits per heavy atom. The number of nitrogens with one attached hydrogen (secondary N) is 2. The minimum absolute atomic E-state index is 0.0681. The summed E-state index contributed by atoms with van der Waals surface area (Å²) in [7, 11) is 4.03. The van der Waals surface area contributed by atoms with Crippen molar-refractivity contribution in [3.8, 4) is 0 Å². The zero-order valence-electron chi connectivity index (χ0n) is 11.1. The second-order valence-corrected chi connectivity index (χ2v) is 4.99. The van der Waals surface area contributed by atoms with Crippen LogP contribution in [0.1, 0.15) is 18.4 Å². The Bertz CT molecular complexity index is 396. The van der Waals surface area contributed by atoms with E-state index >= 15 is 0 Å². The first kappa shape index (κ1) is 12.9. The first-order valence-corrected chi connectivity index (χ1v) is 6.41. The second-order valence-electron chi connectivity index (χ2n) is 4.99. The fourth-order valence-corrected chi connectivity index (χ4v) is 1.70. The quantitative estimate of drug-likeness (QED) is 0.792. The molecular formula is C14H21N3O. The average Bonchev–Trinajstić information content (AvgIpc) is 3.18. The first-order valence-electron chi connectivity index (χ1n) is 6.41. The molecule has 0 atom stereocenters. The number of amides is 1. The van der Waals surface area contributed by atoms with E-state index in [1.807, 2.05) is 26.2 Å². The van der Waals surface area contributed by atoms with Crippen LogP contribution in [0.3, 0.4) is 0 Å². The molecule has 0 bridgehead atoms. The smallest absolute Gasteiger partial charge is 0.234 e. The maximum atomic E-state index is 11.5. The predicted molar refractivity (Wildman–Crippen MR) is 73.6 cm³/mol. The molecule has 0 spiro atoms. The van der Waals surface area contributed by atoms with Crippen molar-refractivity contribution in [1.82, 2.24) is 10.6 Å². The van der Waals surface area contributed by atoms with Gasteiger partial charge in [0.05, 0.1) is 6.54 Å². The van der Waals surface area contributed by atoms with Gasteiger partial charge < -0.3 is 15.5 Å². The van der Waals surface area contributed by atoms with Crippen molar-refractivity contribution < 1.29 is 4.79 Å². The summed E-state index contributed by atoms with van der Waals surface area (Å²) in [6, 6.07) is 8.79. The lowest BCUT2D eigenvalue weighted by Gasteiger charge is -2.13. The molecule has 2 rings (SSSR count). The van der Waals surface area contributed by atoms with Crippen LogP contribution in [0, 0.1) is 0 Å². The Morgan fingerprint density at radius 1 is 1.28 bits per heavy atom. The molecule has 1 fully saturated rings. The number of hydrogen-bond donors (Lipinski definition) is 2. The summed E-state index contributed by atoms with van der Waals surface area (Å²) < 4.78 is 0. The van der Waals surface area contributed by atoms with Gasteiger partial charge in [-0.3, -0.25) is 4.79 Å². The molecule has 98 valence electrons. The van der Waals surface area contributed by atoms with Crippen molar-refractivity contribution in [2.24, 2.45) is 0 Å². The molecule has 0 saturated heterocycles. The molecule has 18 heavy (non-hydrogen) atoms. The largest absolute Gasteiger partial charge is 0.378 e. The normalized spacial score (nSPS) is 14.3. The number of carbonyl (C=O) groups is 1. The van der Waals surface area contributed by atoms with Gasteiger partial charge in [0.25, 0.3) is 0 Å². The van der Waals surface area contributed by atoms with Crippen molar-refractivity contribution in [3.05, 3.63) is 29.8 Å². The van der Waals surface area contributed by atoms with Gasteiger partial charge in [0, 0.05) is 32.4 Å². The summed E-state index contributed by atoms with van der Waals surface area (Å²) in [5, 5.41) is 6.11. The summed E-state index contributed by atoms with van der Waals surface area (Å²) in [5.41, 5.74) is 2.29. The summed E-state index contributed by atoms with van der Waals surface area (Å²) in [5.74, 6) is 0.0681. The third kappa shape index (κ3) is 4.04. The van der Waals surface area contributed by atoms with Crippen molar-refractivity contribution in [1.29, 1.82) is 0 Å². The van der Waals surface area contributed by atoms with Crippen LogP contribution >= 0.6 is 0 Å². The standard InChI is InChI=1S/C14H21N3O/c1-17(2)13-7-3-11(4-8-13)9-16-14(18)10-15-12-5-6-12/h3-4,7-8,12,15H,5-6,9-10H2,1-2H3,(H,16,18). The fourth-order valence-electron chi connectivity index (χ4n) is 1.70. The minimum atomic E-state index is 0.0681. The van der Waals surface area contributed by atoms with Crippen molar-refractivity contribution in [3.63, 3.8) is 0 Å². The van der Waals surface area contributed by atoms with E-state index < -0.39 is 0 Å². The van der Waals surface area contributed by atoms with Gasteiger partial charge in [-0.2, -0.15) is 0 Å². The Morgan fingerprint density at radius 3 is 2.50 bits per heavy atom. The summed E-state index contributed by atoms with van der Waals surface area (Å²) >= 11 is 0.